The molecule has 0 N–H and O–H groups in total. The Morgan fingerprint density at radius 3 is 2.44 bits per heavy atom. The van der Waals surface area contributed by atoms with Gasteiger partial charge in [-0.15, -0.1) is 22.0 Å². The van der Waals surface area contributed by atoms with Crippen LogP contribution in [0, 0.1) is 5.92 Å². The highest BCUT2D eigenvalue weighted by molar-refractivity contribution is 7.99. The topological polar surface area (TPSA) is 52.1 Å². The van der Waals surface area contributed by atoms with Crippen LogP contribution in [0.25, 0.3) is 0 Å². The average molecular weight is 240 g/mol. The van der Waals surface area contributed by atoms with Crippen LogP contribution < -0.4 is 0 Å². The Labute approximate surface area is 99.8 Å². The van der Waals surface area contributed by atoms with Crippen molar-refractivity contribution in [2.24, 2.45) is 5.92 Å². The number of hydrogen-bond acceptors (Lipinski definition) is 5. The molecule has 0 aromatic carbocycles. The van der Waals surface area contributed by atoms with Gasteiger partial charge in [-0.2, -0.15) is 0 Å². The molecule has 88 valence electrons. The third-order valence-corrected chi connectivity index (χ3v) is 3.66. The minimum Gasteiger partial charge on any atom is -0.464 e. The number of methoxy groups -OCH3 is 1. The molecular weight excluding hydrogens is 224 g/mol. The largest absolute Gasteiger partial charge is 0.464 e. The highest BCUT2D eigenvalue weighted by atomic mass is 32.2. The van der Waals surface area contributed by atoms with Crippen LogP contribution in [0.2, 0.25) is 0 Å². The summed E-state index contributed by atoms with van der Waals surface area (Å²) in [5, 5.41) is 9.10. The van der Waals surface area contributed by atoms with Gasteiger partial charge in [0.15, 0.2) is 5.69 Å². The van der Waals surface area contributed by atoms with E-state index in [1.54, 1.807) is 23.9 Å². The number of carbonyl (C=O) groups is 1. The molecule has 0 aliphatic carbocycles. The number of nitrogens with zero attached hydrogens (tertiary/aromatic N) is 2. The molecule has 1 aromatic rings. The number of thioether (sulfide) groups is 1. The lowest BCUT2D eigenvalue weighted by atomic mass is 10.2. The number of esters is 1. The highest BCUT2D eigenvalue weighted by Crippen LogP contribution is 2.25. The first-order valence-electron chi connectivity index (χ1n) is 5.13. The monoisotopic (exact) mass is 240 g/mol. The van der Waals surface area contributed by atoms with E-state index in [1.807, 2.05) is 0 Å². The molecule has 0 fully saturated rings. The zero-order valence-corrected chi connectivity index (χ0v) is 10.7. The Hall–Kier alpha value is -1.10. The minimum absolute atomic E-state index is 0.240. The summed E-state index contributed by atoms with van der Waals surface area (Å²) in [4.78, 5) is 11.1. The summed E-state index contributed by atoms with van der Waals surface area (Å²) in [6, 6.07) is 3.43. The molecule has 4 nitrogen and oxygen atoms in total. The first-order chi connectivity index (χ1) is 7.54. The predicted molar refractivity (Wildman–Crippen MR) is 63.5 cm³/mol. The van der Waals surface area contributed by atoms with Crippen molar-refractivity contribution in [3.8, 4) is 0 Å². The predicted octanol–water partition coefficient (Wildman–Crippen LogP) is 2.40. The SMILES string of the molecule is COC(=O)c1ccc(SC(C)C(C)C)nn1. The minimum atomic E-state index is -0.457. The summed E-state index contributed by atoms with van der Waals surface area (Å²) in [6.45, 7) is 6.47. The summed E-state index contributed by atoms with van der Waals surface area (Å²) in [7, 11) is 1.33. The summed E-state index contributed by atoms with van der Waals surface area (Å²) in [6.07, 6.45) is 0. The zero-order valence-electron chi connectivity index (χ0n) is 9.93. The number of aromatic nitrogens is 2. The third kappa shape index (κ3) is 3.48. The van der Waals surface area contributed by atoms with E-state index >= 15 is 0 Å². The molecule has 1 atom stereocenters. The van der Waals surface area contributed by atoms with Crippen LogP contribution >= 0.6 is 11.8 Å². The first-order valence-corrected chi connectivity index (χ1v) is 6.01. The zero-order chi connectivity index (χ0) is 12.1. The molecule has 0 aliphatic heterocycles. The van der Waals surface area contributed by atoms with Gasteiger partial charge in [0.05, 0.1) is 7.11 Å². The fourth-order valence-corrected chi connectivity index (χ4v) is 1.81. The highest BCUT2D eigenvalue weighted by Gasteiger charge is 2.12. The third-order valence-electron chi connectivity index (χ3n) is 2.28. The Kier molecular flexibility index (Phi) is 4.73. The number of hydrogen-bond donors (Lipinski definition) is 0. The van der Waals surface area contributed by atoms with Gasteiger partial charge in [-0.3, -0.25) is 0 Å². The van der Waals surface area contributed by atoms with E-state index in [2.05, 4.69) is 35.7 Å². The second kappa shape index (κ2) is 5.84. The van der Waals surface area contributed by atoms with E-state index in [9.17, 15) is 4.79 Å². The van der Waals surface area contributed by atoms with Crippen molar-refractivity contribution in [3.05, 3.63) is 17.8 Å². The van der Waals surface area contributed by atoms with E-state index in [4.69, 9.17) is 0 Å². The van der Waals surface area contributed by atoms with Crippen LogP contribution in [0.15, 0.2) is 17.2 Å². The van der Waals surface area contributed by atoms with Gasteiger partial charge < -0.3 is 4.74 Å². The van der Waals surface area contributed by atoms with Gasteiger partial charge in [-0.1, -0.05) is 20.8 Å². The normalized spacial score (nSPS) is 12.6. The van der Waals surface area contributed by atoms with Crippen molar-refractivity contribution in [1.29, 1.82) is 0 Å². The molecule has 0 aliphatic rings. The molecule has 0 saturated heterocycles. The Balaban J connectivity index is 2.68. The van der Waals surface area contributed by atoms with E-state index < -0.39 is 5.97 Å². The van der Waals surface area contributed by atoms with Crippen LogP contribution in [0.5, 0.6) is 0 Å². The first kappa shape index (κ1) is 13.0. The Bertz CT molecular complexity index is 352. The summed E-state index contributed by atoms with van der Waals surface area (Å²) in [5.41, 5.74) is 0.240. The van der Waals surface area contributed by atoms with Gasteiger partial charge in [-0.25, -0.2) is 4.79 Å². The molecule has 0 spiro atoms. The van der Waals surface area contributed by atoms with Crippen molar-refractivity contribution in [3.63, 3.8) is 0 Å². The van der Waals surface area contributed by atoms with Gasteiger partial charge in [0, 0.05) is 5.25 Å². The maximum Gasteiger partial charge on any atom is 0.358 e. The molecular formula is C11H16N2O2S. The second-order valence-corrected chi connectivity index (χ2v) is 5.21. The van der Waals surface area contributed by atoms with Crippen LogP contribution in [0.3, 0.4) is 0 Å². The van der Waals surface area contributed by atoms with Crippen LogP contribution in [-0.4, -0.2) is 28.5 Å². The van der Waals surface area contributed by atoms with Crippen molar-refractivity contribution < 1.29 is 9.53 Å². The summed E-state index contributed by atoms with van der Waals surface area (Å²) >= 11 is 1.65. The quantitative estimate of drug-likeness (QED) is 0.597. The van der Waals surface area contributed by atoms with Gasteiger partial charge in [-0.05, 0) is 18.1 Å². The molecule has 1 heterocycles. The molecule has 1 aromatic heterocycles. The maximum atomic E-state index is 11.1. The van der Waals surface area contributed by atoms with Gasteiger partial charge >= 0.3 is 5.97 Å². The van der Waals surface area contributed by atoms with Gasteiger partial charge in [0.2, 0.25) is 0 Å². The van der Waals surface area contributed by atoms with Gasteiger partial charge in [0.25, 0.3) is 0 Å². The molecule has 16 heavy (non-hydrogen) atoms. The van der Waals surface area contributed by atoms with Crippen LogP contribution in [0.1, 0.15) is 31.3 Å². The van der Waals surface area contributed by atoms with Crippen molar-refractivity contribution in [2.45, 2.75) is 31.0 Å². The number of carbonyl (C=O) groups excluding carboxylic acids is 1. The molecule has 0 saturated carbocycles. The molecule has 0 bridgehead atoms. The Morgan fingerprint density at radius 2 is 2.00 bits per heavy atom. The molecule has 5 heteroatoms. The van der Waals surface area contributed by atoms with Crippen LogP contribution in [-0.2, 0) is 4.74 Å². The smallest absolute Gasteiger partial charge is 0.358 e. The van der Waals surface area contributed by atoms with Crippen molar-refractivity contribution >= 4 is 17.7 Å². The lowest BCUT2D eigenvalue weighted by Gasteiger charge is -2.13. The molecule has 0 radical (unpaired) electrons. The van der Waals surface area contributed by atoms with E-state index in [0.717, 1.165) is 5.03 Å². The number of rotatable bonds is 4. The fourth-order valence-electron chi connectivity index (χ4n) is 0.923. The lowest BCUT2D eigenvalue weighted by molar-refractivity contribution is 0.0592. The van der Waals surface area contributed by atoms with E-state index in [1.165, 1.54) is 7.11 Å². The van der Waals surface area contributed by atoms with Crippen LogP contribution in [0.4, 0.5) is 0 Å². The molecule has 1 unspecified atom stereocenters. The fraction of sp³-hybridized carbons (Fsp3) is 0.545. The Morgan fingerprint density at radius 1 is 1.31 bits per heavy atom. The molecule has 1 rings (SSSR count). The average Bonchev–Trinajstić information content (AvgIpc) is 2.28. The summed E-state index contributed by atoms with van der Waals surface area (Å²) in [5.74, 6) is 0.119. The van der Waals surface area contributed by atoms with Gasteiger partial charge in [0.1, 0.15) is 5.03 Å². The number of ether oxygens (including phenoxy) is 1. The van der Waals surface area contributed by atoms with E-state index in [-0.39, 0.29) is 5.69 Å². The standard InChI is InChI=1S/C11H16N2O2S/c1-7(2)8(3)16-10-6-5-9(12-13-10)11(14)15-4/h5-8H,1-4H3. The summed E-state index contributed by atoms with van der Waals surface area (Å²) < 4.78 is 4.55. The second-order valence-electron chi connectivity index (χ2n) is 3.82. The van der Waals surface area contributed by atoms with Crippen molar-refractivity contribution in [2.75, 3.05) is 7.11 Å². The van der Waals surface area contributed by atoms with E-state index in [0.29, 0.717) is 11.2 Å². The van der Waals surface area contributed by atoms with Crippen molar-refractivity contribution in [1.82, 2.24) is 10.2 Å². The lowest BCUT2D eigenvalue weighted by Crippen LogP contribution is -2.08. The maximum absolute atomic E-state index is 11.1. The molecule has 0 amide bonds.